The smallest absolute Gasteiger partial charge is 0.323 e. The number of halogens is 1. The Morgan fingerprint density at radius 1 is 1.14 bits per heavy atom. The second-order valence-corrected chi connectivity index (χ2v) is 4.90. The molecule has 2 aromatic rings. The predicted molar refractivity (Wildman–Crippen MR) is 76.5 cm³/mol. The highest BCUT2D eigenvalue weighted by atomic mass is 19.1. The summed E-state index contributed by atoms with van der Waals surface area (Å²) in [5, 5.41) is 8.94. The first kappa shape index (κ1) is 15.8. The third-order valence-electron chi connectivity index (χ3n) is 3.17. The summed E-state index contributed by atoms with van der Waals surface area (Å²) >= 11 is 0. The number of aliphatic carboxylic acids is 1. The Kier molecular flexibility index (Phi) is 5.30. The Morgan fingerprint density at radius 2 is 1.86 bits per heavy atom. The van der Waals surface area contributed by atoms with E-state index < -0.39 is 5.97 Å². The topological polar surface area (TPSA) is 70.8 Å². The van der Waals surface area contributed by atoms with Crippen LogP contribution in [0.2, 0.25) is 0 Å². The minimum absolute atomic E-state index is 0.136. The minimum atomic E-state index is -1.08. The van der Waals surface area contributed by atoms with E-state index in [1.807, 2.05) is 0 Å². The Morgan fingerprint density at radius 3 is 2.45 bits per heavy atom. The van der Waals surface area contributed by atoms with E-state index in [4.69, 9.17) is 9.52 Å². The van der Waals surface area contributed by atoms with Crippen LogP contribution in [0, 0.1) is 5.82 Å². The lowest BCUT2D eigenvalue weighted by atomic mass is 10.1. The summed E-state index contributed by atoms with van der Waals surface area (Å²) in [6.07, 6.45) is 3.74. The number of furan rings is 1. The number of hydrogen-bond donors (Lipinski definition) is 1. The van der Waals surface area contributed by atoms with Crippen LogP contribution in [-0.2, 0) is 22.6 Å². The van der Waals surface area contributed by atoms with Gasteiger partial charge in [0.25, 0.3) is 0 Å². The summed E-state index contributed by atoms with van der Waals surface area (Å²) in [6.45, 7) is -0.252. The molecule has 1 N–H and O–H groups in total. The highest BCUT2D eigenvalue weighted by Gasteiger charge is 2.17. The lowest BCUT2D eigenvalue weighted by molar-refractivity contribution is -0.144. The number of benzene rings is 1. The highest BCUT2D eigenvalue weighted by molar-refractivity contribution is 5.81. The van der Waals surface area contributed by atoms with E-state index in [0.29, 0.717) is 12.0 Å². The Bertz CT molecular complexity index is 622. The van der Waals surface area contributed by atoms with Gasteiger partial charge in [0.2, 0.25) is 5.91 Å². The van der Waals surface area contributed by atoms with Crippen LogP contribution in [0.15, 0.2) is 47.3 Å². The van der Waals surface area contributed by atoms with Crippen molar-refractivity contribution >= 4 is 11.9 Å². The zero-order valence-electron chi connectivity index (χ0n) is 11.9. The van der Waals surface area contributed by atoms with Crippen LogP contribution in [0.25, 0.3) is 0 Å². The molecule has 0 bridgehead atoms. The van der Waals surface area contributed by atoms with Crippen LogP contribution in [0.4, 0.5) is 4.39 Å². The fourth-order valence-electron chi connectivity index (χ4n) is 2.05. The van der Waals surface area contributed by atoms with Gasteiger partial charge >= 0.3 is 5.97 Å². The Balaban J connectivity index is 1.99. The fraction of sp³-hybridized carbons (Fsp3) is 0.250. The molecule has 0 unspecified atom stereocenters. The molecule has 6 heteroatoms. The van der Waals surface area contributed by atoms with Crippen LogP contribution in [-0.4, -0.2) is 28.4 Å². The molecule has 0 atom stereocenters. The van der Waals surface area contributed by atoms with Crippen LogP contribution in [0.3, 0.4) is 0 Å². The molecule has 0 aliphatic carbocycles. The maximum Gasteiger partial charge on any atom is 0.323 e. The van der Waals surface area contributed by atoms with E-state index in [2.05, 4.69) is 0 Å². The van der Waals surface area contributed by atoms with Gasteiger partial charge in [0, 0.05) is 13.0 Å². The van der Waals surface area contributed by atoms with Crippen molar-refractivity contribution in [3.8, 4) is 0 Å². The minimum Gasteiger partial charge on any atom is -0.480 e. The van der Waals surface area contributed by atoms with Gasteiger partial charge in [-0.25, -0.2) is 4.39 Å². The van der Waals surface area contributed by atoms with Crippen molar-refractivity contribution in [2.45, 2.75) is 19.4 Å². The van der Waals surface area contributed by atoms with E-state index in [0.717, 1.165) is 5.56 Å². The molecule has 0 aliphatic heterocycles. The first-order valence-electron chi connectivity index (χ1n) is 6.79. The van der Waals surface area contributed by atoms with E-state index in [9.17, 15) is 14.0 Å². The summed E-state index contributed by atoms with van der Waals surface area (Å²) in [5.41, 5.74) is 1.56. The molecule has 0 fully saturated rings. The van der Waals surface area contributed by atoms with Crippen LogP contribution in [0.5, 0.6) is 0 Å². The zero-order valence-corrected chi connectivity index (χ0v) is 11.9. The number of carbonyl (C=O) groups excluding carboxylic acids is 1. The lowest BCUT2D eigenvalue weighted by Crippen LogP contribution is -2.35. The molecule has 1 heterocycles. The third kappa shape index (κ3) is 4.73. The van der Waals surface area contributed by atoms with Crippen molar-refractivity contribution in [2.75, 3.05) is 6.54 Å². The monoisotopic (exact) mass is 305 g/mol. The second kappa shape index (κ2) is 7.40. The molecular weight excluding hydrogens is 289 g/mol. The number of aryl methyl sites for hydroxylation is 1. The van der Waals surface area contributed by atoms with Gasteiger partial charge in [-0.15, -0.1) is 0 Å². The number of nitrogens with zero attached hydrogens (tertiary/aromatic N) is 1. The first-order chi connectivity index (χ1) is 10.5. The molecule has 1 aromatic heterocycles. The van der Waals surface area contributed by atoms with E-state index in [1.54, 1.807) is 12.3 Å². The number of carbonyl (C=O) groups is 2. The van der Waals surface area contributed by atoms with Gasteiger partial charge in [-0.1, -0.05) is 12.1 Å². The number of carboxylic acids is 1. The third-order valence-corrected chi connectivity index (χ3v) is 3.17. The largest absolute Gasteiger partial charge is 0.480 e. The molecule has 1 aromatic carbocycles. The summed E-state index contributed by atoms with van der Waals surface area (Å²) in [5.74, 6) is -1.73. The molecule has 0 radical (unpaired) electrons. The molecule has 116 valence electrons. The molecule has 0 saturated heterocycles. The summed E-state index contributed by atoms with van der Waals surface area (Å²) in [7, 11) is 0. The van der Waals surface area contributed by atoms with E-state index in [-0.39, 0.29) is 31.2 Å². The number of hydrogen-bond acceptors (Lipinski definition) is 3. The van der Waals surface area contributed by atoms with Crippen molar-refractivity contribution in [3.63, 3.8) is 0 Å². The molecule has 0 aliphatic rings. The standard InChI is InChI=1S/C16H16FNO4/c17-14-4-1-12(2-5-14)9-18(10-16(20)21)15(19)6-3-13-7-8-22-11-13/h1-2,4-5,7-8,11H,3,6,9-10H2,(H,20,21). The SMILES string of the molecule is O=C(O)CN(Cc1ccc(F)cc1)C(=O)CCc1ccoc1. The van der Waals surface area contributed by atoms with Gasteiger partial charge in [-0.05, 0) is 35.7 Å². The normalized spacial score (nSPS) is 10.4. The van der Waals surface area contributed by atoms with E-state index in [1.165, 1.54) is 35.4 Å². The second-order valence-electron chi connectivity index (χ2n) is 4.90. The van der Waals surface area contributed by atoms with Crippen LogP contribution in [0.1, 0.15) is 17.5 Å². The first-order valence-corrected chi connectivity index (χ1v) is 6.79. The summed E-state index contributed by atoms with van der Waals surface area (Å²) in [4.78, 5) is 24.4. The Hall–Kier alpha value is -2.63. The average molecular weight is 305 g/mol. The summed E-state index contributed by atoms with van der Waals surface area (Å²) < 4.78 is 17.8. The van der Waals surface area contributed by atoms with E-state index >= 15 is 0 Å². The predicted octanol–water partition coefficient (Wildman–Crippen LogP) is 2.46. The number of amides is 1. The fourth-order valence-corrected chi connectivity index (χ4v) is 2.05. The average Bonchev–Trinajstić information content (AvgIpc) is 2.99. The molecule has 0 spiro atoms. The number of rotatable bonds is 7. The van der Waals surface area contributed by atoms with Gasteiger partial charge in [-0.2, -0.15) is 0 Å². The van der Waals surface area contributed by atoms with Crippen molar-refractivity contribution in [3.05, 3.63) is 59.8 Å². The van der Waals surface area contributed by atoms with Gasteiger partial charge in [0.15, 0.2) is 0 Å². The zero-order chi connectivity index (χ0) is 15.9. The van der Waals surface area contributed by atoms with Crippen LogP contribution < -0.4 is 0 Å². The highest BCUT2D eigenvalue weighted by Crippen LogP contribution is 2.10. The molecule has 2 rings (SSSR count). The quantitative estimate of drug-likeness (QED) is 0.853. The van der Waals surface area contributed by atoms with Gasteiger partial charge in [0.1, 0.15) is 12.4 Å². The maximum atomic E-state index is 12.9. The summed E-state index contributed by atoms with van der Waals surface area (Å²) in [6, 6.07) is 7.39. The van der Waals surface area contributed by atoms with Crippen molar-refractivity contribution < 1.29 is 23.5 Å². The Labute approximate surface area is 127 Å². The van der Waals surface area contributed by atoms with Crippen molar-refractivity contribution in [1.29, 1.82) is 0 Å². The maximum absolute atomic E-state index is 12.9. The van der Waals surface area contributed by atoms with Gasteiger partial charge in [-0.3, -0.25) is 9.59 Å². The molecular formula is C16H16FNO4. The molecule has 5 nitrogen and oxygen atoms in total. The van der Waals surface area contributed by atoms with Crippen molar-refractivity contribution in [2.24, 2.45) is 0 Å². The van der Waals surface area contributed by atoms with Gasteiger partial charge < -0.3 is 14.4 Å². The van der Waals surface area contributed by atoms with Gasteiger partial charge in [0.05, 0.1) is 12.5 Å². The lowest BCUT2D eigenvalue weighted by Gasteiger charge is -2.20. The molecule has 0 saturated carbocycles. The molecule has 22 heavy (non-hydrogen) atoms. The number of carboxylic acid groups (broad SMARTS) is 1. The molecule has 1 amide bonds. The van der Waals surface area contributed by atoms with Crippen LogP contribution >= 0.6 is 0 Å². The van der Waals surface area contributed by atoms with Crippen molar-refractivity contribution in [1.82, 2.24) is 4.90 Å².